The molecule has 8 nitrogen and oxygen atoms in total. The quantitative estimate of drug-likeness (QED) is 0.277. The van der Waals surface area contributed by atoms with Gasteiger partial charge in [0, 0.05) is 35.8 Å². The minimum atomic E-state index is -0.0535. The maximum absolute atomic E-state index is 12.1. The minimum Gasteiger partial charge on any atom is -0.372 e. The van der Waals surface area contributed by atoms with Gasteiger partial charge in [-0.15, -0.1) is 0 Å². The fraction of sp³-hybridized carbons (Fsp3) is 0.208. The molecule has 0 unspecified atom stereocenters. The number of halogens is 1. The molecule has 1 amide bonds. The lowest BCUT2D eigenvalue weighted by atomic mass is 9.94. The lowest BCUT2D eigenvalue weighted by molar-refractivity contribution is -0.116. The highest BCUT2D eigenvalue weighted by Gasteiger charge is 2.21. The molecule has 0 saturated heterocycles. The number of benzene rings is 2. The molecule has 0 spiro atoms. The van der Waals surface area contributed by atoms with Gasteiger partial charge in [-0.2, -0.15) is 9.97 Å². The number of pyridine rings is 1. The molecule has 172 valence electrons. The highest BCUT2D eigenvalue weighted by Crippen LogP contribution is 2.39. The molecule has 2 aromatic heterocycles. The van der Waals surface area contributed by atoms with Crippen LogP contribution in [0.5, 0.6) is 0 Å². The zero-order chi connectivity index (χ0) is 23.5. The number of ether oxygens (including phenoxy) is 1. The van der Waals surface area contributed by atoms with Gasteiger partial charge in [-0.05, 0) is 46.5 Å². The molecule has 3 N–H and O–H groups in total. The van der Waals surface area contributed by atoms with Crippen LogP contribution in [0.15, 0.2) is 53.9 Å². The number of aromatic nitrogens is 4. The van der Waals surface area contributed by atoms with Crippen molar-refractivity contribution in [1.82, 2.24) is 19.9 Å². The molecule has 2 aromatic carbocycles. The number of nitrogen functional groups attached to an aromatic ring is 1. The smallest absolute Gasteiger partial charge is 0.224 e. The molecule has 0 fully saturated rings. The second-order valence-corrected chi connectivity index (χ2v) is 9.23. The lowest BCUT2D eigenvalue weighted by Gasteiger charge is -2.20. The van der Waals surface area contributed by atoms with E-state index in [9.17, 15) is 4.79 Å². The molecule has 0 aliphatic carbocycles. The van der Waals surface area contributed by atoms with Crippen molar-refractivity contribution in [3.05, 3.63) is 64.9 Å². The van der Waals surface area contributed by atoms with Crippen LogP contribution in [-0.2, 0) is 22.7 Å². The topological polar surface area (TPSA) is 116 Å². The minimum absolute atomic E-state index is 0.0535. The number of nitrogens with two attached hydrogens (primary N) is 1. The van der Waals surface area contributed by atoms with Crippen molar-refractivity contribution < 1.29 is 9.53 Å². The fourth-order valence-corrected chi connectivity index (χ4v) is 5.05. The van der Waals surface area contributed by atoms with Gasteiger partial charge in [0.25, 0.3) is 0 Å². The second-order valence-electron chi connectivity index (χ2n) is 7.76. The highest BCUT2D eigenvalue weighted by atomic mass is 35.5. The number of amides is 1. The monoisotopic (exact) mass is 492 g/mol. The number of hydrogen-bond acceptors (Lipinski definition) is 8. The third kappa shape index (κ3) is 4.82. The number of nitrogens with zero attached hydrogens (tertiary/aromatic N) is 4. The largest absolute Gasteiger partial charge is 0.372 e. The zero-order valence-corrected chi connectivity index (χ0v) is 19.7. The van der Waals surface area contributed by atoms with Gasteiger partial charge in [0.05, 0.1) is 18.2 Å². The standard InChI is InChI=1S/C24H21ClN6O2S/c25-18-11-15-13-33-12-14-3-1-4-17(20(14)15)21(18)22-29-23(26)31-24(30-22)34-10-2-5-19(32)28-16-6-8-27-9-7-16/h1,3-4,6-9,11H,2,5,10,12-13H2,(H,27,28,32)(H2,26,29,30,31). The van der Waals surface area contributed by atoms with Crippen LogP contribution < -0.4 is 11.1 Å². The van der Waals surface area contributed by atoms with Crippen molar-refractivity contribution in [2.24, 2.45) is 0 Å². The molecule has 34 heavy (non-hydrogen) atoms. The van der Waals surface area contributed by atoms with E-state index in [4.69, 9.17) is 22.1 Å². The molecular formula is C24H21ClN6O2S. The molecule has 5 rings (SSSR count). The third-order valence-electron chi connectivity index (χ3n) is 5.40. The van der Waals surface area contributed by atoms with E-state index in [1.54, 1.807) is 24.5 Å². The van der Waals surface area contributed by atoms with E-state index in [1.165, 1.54) is 11.8 Å². The van der Waals surface area contributed by atoms with Crippen molar-refractivity contribution in [1.29, 1.82) is 0 Å². The molecule has 4 aromatic rings. The van der Waals surface area contributed by atoms with Crippen LogP contribution in [0.2, 0.25) is 5.02 Å². The number of carbonyl (C=O) groups is 1. The summed E-state index contributed by atoms with van der Waals surface area (Å²) in [5, 5.41) is 5.98. The Hall–Kier alpha value is -3.27. The first-order valence-corrected chi connectivity index (χ1v) is 12.1. The Morgan fingerprint density at radius 1 is 1.12 bits per heavy atom. The fourth-order valence-electron chi connectivity index (χ4n) is 3.95. The molecular weight excluding hydrogens is 472 g/mol. The summed E-state index contributed by atoms with van der Waals surface area (Å²) in [5.74, 6) is 1.16. The highest BCUT2D eigenvalue weighted by molar-refractivity contribution is 7.99. The molecule has 0 saturated carbocycles. The van der Waals surface area contributed by atoms with Crippen molar-refractivity contribution in [2.45, 2.75) is 31.2 Å². The van der Waals surface area contributed by atoms with Gasteiger partial charge in [-0.3, -0.25) is 9.78 Å². The van der Waals surface area contributed by atoms with Crippen LogP contribution in [0.1, 0.15) is 24.0 Å². The number of carbonyl (C=O) groups excluding carboxylic acids is 1. The molecule has 0 radical (unpaired) electrons. The maximum Gasteiger partial charge on any atom is 0.224 e. The SMILES string of the molecule is Nc1nc(SCCCC(=O)Nc2ccncc2)nc(-c2c(Cl)cc3c4c(cccc24)COC3)n1. The van der Waals surface area contributed by atoms with Gasteiger partial charge in [-0.1, -0.05) is 41.6 Å². The Morgan fingerprint density at radius 2 is 1.94 bits per heavy atom. The summed E-state index contributed by atoms with van der Waals surface area (Å²) >= 11 is 8.11. The molecule has 3 heterocycles. The Balaban J connectivity index is 1.32. The number of hydrogen-bond donors (Lipinski definition) is 2. The summed E-state index contributed by atoms with van der Waals surface area (Å²) in [6, 6.07) is 11.5. The van der Waals surface area contributed by atoms with E-state index >= 15 is 0 Å². The molecule has 1 aliphatic heterocycles. The average molecular weight is 493 g/mol. The van der Waals surface area contributed by atoms with E-state index in [1.807, 2.05) is 18.2 Å². The van der Waals surface area contributed by atoms with Crippen LogP contribution in [0.4, 0.5) is 11.6 Å². The zero-order valence-electron chi connectivity index (χ0n) is 18.1. The van der Waals surface area contributed by atoms with Crippen LogP contribution >= 0.6 is 23.4 Å². The van der Waals surface area contributed by atoms with Crippen LogP contribution in [0, 0.1) is 0 Å². The number of rotatable bonds is 7. The predicted octanol–water partition coefficient (Wildman–Crippen LogP) is 4.86. The third-order valence-corrected chi connectivity index (χ3v) is 6.63. The molecule has 0 atom stereocenters. The molecule has 0 bridgehead atoms. The maximum atomic E-state index is 12.1. The Labute approximate surface area is 205 Å². The van der Waals surface area contributed by atoms with Crippen LogP contribution in [0.25, 0.3) is 22.2 Å². The van der Waals surface area contributed by atoms with E-state index in [-0.39, 0.29) is 11.9 Å². The first kappa shape index (κ1) is 22.5. The van der Waals surface area contributed by atoms with Crippen molar-refractivity contribution in [2.75, 3.05) is 16.8 Å². The number of anilines is 2. The second kappa shape index (κ2) is 9.92. The van der Waals surface area contributed by atoms with Gasteiger partial charge >= 0.3 is 0 Å². The van der Waals surface area contributed by atoms with E-state index in [2.05, 4.69) is 31.3 Å². The summed E-state index contributed by atoms with van der Waals surface area (Å²) in [6.07, 6.45) is 4.31. The van der Waals surface area contributed by atoms with Crippen molar-refractivity contribution >= 4 is 51.7 Å². The van der Waals surface area contributed by atoms with Gasteiger partial charge in [0.1, 0.15) is 0 Å². The van der Waals surface area contributed by atoms with Gasteiger partial charge in [0.2, 0.25) is 11.9 Å². The van der Waals surface area contributed by atoms with Crippen LogP contribution in [-0.4, -0.2) is 31.6 Å². The summed E-state index contributed by atoms with van der Waals surface area (Å²) < 4.78 is 5.68. The first-order valence-electron chi connectivity index (χ1n) is 10.7. The van der Waals surface area contributed by atoms with Crippen molar-refractivity contribution in [3.63, 3.8) is 0 Å². The first-order chi connectivity index (χ1) is 16.6. The lowest BCUT2D eigenvalue weighted by Crippen LogP contribution is -2.11. The van der Waals surface area contributed by atoms with Gasteiger partial charge < -0.3 is 15.8 Å². The normalized spacial score (nSPS) is 12.6. The summed E-state index contributed by atoms with van der Waals surface area (Å²) in [6.45, 7) is 1.07. The van der Waals surface area contributed by atoms with E-state index in [0.717, 1.165) is 33.2 Å². The molecule has 10 heteroatoms. The number of nitrogens with one attached hydrogen (secondary N) is 1. The Bertz CT molecular complexity index is 1370. The van der Waals surface area contributed by atoms with Crippen molar-refractivity contribution in [3.8, 4) is 11.4 Å². The Morgan fingerprint density at radius 3 is 2.79 bits per heavy atom. The van der Waals surface area contributed by atoms with Crippen LogP contribution in [0.3, 0.4) is 0 Å². The Kier molecular flexibility index (Phi) is 6.57. The number of thioether (sulfide) groups is 1. The van der Waals surface area contributed by atoms with E-state index < -0.39 is 0 Å². The molecule has 1 aliphatic rings. The summed E-state index contributed by atoms with van der Waals surface area (Å²) in [4.78, 5) is 29.4. The predicted molar refractivity (Wildman–Crippen MR) is 134 cm³/mol. The summed E-state index contributed by atoms with van der Waals surface area (Å²) in [5.41, 5.74) is 9.64. The van der Waals surface area contributed by atoms with E-state index in [0.29, 0.717) is 47.8 Å². The van der Waals surface area contributed by atoms with Gasteiger partial charge in [-0.25, -0.2) is 4.98 Å². The summed E-state index contributed by atoms with van der Waals surface area (Å²) in [7, 11) is 0. The van der Waals surface area contributed by atoms with Gasteiger partial charge in [0.15, 0.2) is 11.0 Å². The average Bonchev–Trinajstić information content (AvgIpc) is 2.82.